The van der Waals surface area contributed by atoms with Crippen molar-refractivity contribution in [2.24, 2.45) is 0 Å². The van der Waals surface area contributed by atoms with Crippen LogP contribution in [0.3, 0.4) is 0 Å². The number of hydrogen-bond donors (Lipinski definition) is 2. The quantitative estimate of drug-likeness (QED) is 0.776. The zero-order valence-corrected chi connectivity index (χ0v) is 9.65. The molecule has 0 aliphatic heterocycles. The van der Waals surface area contributed by atoms with Gasteiger partial charge in [0.25, 0.3) is 5.91 Å². The number of hydrogen-bond acceptors (Lipinski definition) is 4. The smallest absolute Gasteiger partial charge is 0.293 e. The highest BCUT2D eigenvalue weighted by atomic mass is 16.4. The van der Waals surface area contributed by atoms with E-state index in [0.717, 1.165) is 0 Å². The Balaban J connectivity index is 2.20. The molecule has 0 aliphatic carbocycles. The van der Waals surface area contributed by atoms with E-state index >= 15 is 0 Å². The SMILES string of the molecule is Cc1nc(C)c(C(=O)Nc2cccc(N)c2)o1. The summed E-state index contributed by atoms with van der Waals surface area (Å²) in [5, 5.41) is 2.70. The van der Waals surface area contributed by atoms with Gasteiger partial charge < -0.3 is 15.5 Å². The molecule has 0 bridgehead atoms. The van der Waals surface area contributed by atoms with E-state index in [9.17, 15) is 4.79 Å². The van der Waals surface area contributed by atoms with Crippen LogP contribution in [0.5, 0.6) is 0 Å². The fourth-order valence-electron chi connectivity index (χ4n) is 1.55. The van der Waals surface area contributed by atoms with Crippen molar-refractivity contribution in [3.05, 3.63) is 41.6 Å². The third kappa shape index (κ3) is 2.44. The van der Waals surface area contributed by atoms with Gasteiger partial charge >= 0.3 is 0 Å². The highest BCUT2D eigenvalue weighted by Gasteiger charge is 2.15. The van der Waals surface area contributed by atoms with Crippen LogP contribution in [0.1, 0.15) is 22.1 Å². The number of amides is 1. The first-order valence-electron chi connectivity index (χ1n) is 5.17. The van der Waals surface area contributed by atoms with Crippen molar-refractivity contribution in [1.29, 1.82) is 0 Å². The molecule has 88 valence electrons. The van der Waals surface area contributed by atoms with Crippen LogP contribution in [-0.2, 0) is 0 Å². The maximum absolute atomic E-state index is 11.9. The molecule has 17 heavy (non-hydrogen) atoms. The summed E-state index contributed by atoms with van der Waals surface area (Å²) in [4.78, 5) is 15.9. The van der Waals surface area contributed by atoms with Gasteiger partial charge in [0.05, 0.1) is 5.69 Å². The fourth-order valence-corrected chi connectivity index (χ4v) is 1.55. The zero-order chi connectivity index (χ0) is 12.4. The summed E-state index contributed by atoms with van der Waals surface area (Å²) in [6, 6.07) is 6.95. The number of aryl methyl sites for hydroxylation is 2. The second-order valence-electron chi connectivity index (χ2n) is 3.73. The lowest BCUT2D eigenvalue weighted by Crippen LogP contribution is -2.12. The van der Waals surface area contributed by atoms with Crippen LogP contribution in [0.2, 0.25) is 0 Å². The lowest BCUT2D eigenvalue weighted by molar-refractivity contribution is 0.0994. The number of nitrogens with one attached hydrogen (secondary N) is 1. The van der Waals surface area contributed by atoms with Crippen molar-refractivity contribution in [2.75, 3.05) is 11.1 Å². The molecular formula is C12H13N3O2. The molecule has 1 amide bonds. The summed E-state index contributed by atoms with van der Waals surface area (Å²) < 4.78 is 5.22. The topological polar surface area (TPSA) is 81.2 Å². The van der Waals surface area contributed by atoms with Crippen molar-refractivity contribution in [3.8, 4) is 0 Å². The Kier molecular flexibility index (Phi) is 2.82. The van der Waals surface area contributed by atoms with Gasteiger partial charge in [0.1, 0.15) is 0 Å². The van der Waals surface area contributed by atoms with Gasteiger partial charge in [-0.25, -0.2) is 4.98 Å². The average molecular weight is 231 g/mol. The predicted molar refractivity (Wildman–Crippen MR) is 64.8 cm³/mol. The minimum atomic E-state index is -0.325. The Labute approximate surface area is 98.6 Å². The molecule has 0 atom stereocenters. The first-order chi connectivity index (χ1) is 8.06. The third-order valence-electron chi connectivity index (χ3n) is 2.25. The Morgan fingerprint density at radius 1 is 1.41 bits per heavy atom. The van der Waals surface area contributed by atoms with Gasteiger partial charge in [-0.3, -0.25) is 4.79 Å². The van der Waals surface area contributed by atoms with Crippen molar-refractivity contribution in [1.82, 2.24) is 4.98 Å². The van der Waals surface area contributed by atoms with Gasteiger partial charge in [0.2, 0.25) is 5.76 Å². The van der Waals surface area contributed by atoms with E-state index in [1.165, 1.54) is 0 Å². The van der Waals surface area contributed by atoms with E-state index in [1.807, 2.05) is 0 Å². The summed E-state index contributed by atoms with van der Waals surface area (Å²) in [6.07, 6.45) is 0. The minimum absolute atomic E-state index is 0.227. The first kappa shape index (κ1) is 11.2. The Hall–Kier alpha value is -2.30. The maximum atomic E-state index is 11.9. The summed E-state index contributed by atoms with van der Waals surface area (Å²) in [6.45, 7) is 3.43. The second-order valence-corrected chi connectivity index (χ2v) is 3.73. The summed E-state index contributed by atoms with van der Waals surface area (Å²) in [5.74, 6) is 0.374. The van der Waals surface area contributed by atoms with E-state index in [2.05, 4.69) is 10.3 Å². The third-order valence-corrected chi connectivity index (χ3v) is 2.25. The molecule has 0 fully saturated rings. The number of oxazole rings is 1. The molecule has 1 aromatic carbocycles. The molecule has 0 aliphatic rings. The number of rotatable bonds is 2. The van der Waals surface area contributed by atoms with Crippen molar-refractivity contribution in [2.45, 2.75) is 13.8 Å². The van der Waals surface area contributed by atoms with Crippen molar-refractivity contribution in [3.63, 3.8) is 0 Å². The number of anilines is 2. The fraction of sp³-hybridized carbons (Fsp3) is 0.167. The second kappa shape index (κ2) is 4.29. The summed E-state index contributed by atoms with van der Waals surface area (Å²) >= 11 is 0. The molecule has 0 unspecified atom stereocenters. The monoisotopic (exact) mass is 231 g/mol. The molecule has 0 saturated heterocycles. The highest BCUT2D eigenvalue weighted by molar-refractivity contribution is 6.03. The van der Waals surface area contributed by atoms with Gasteiger partial charge in [-0.2, -0.15) is 0 Å². The van der Waals surface area contributed by atoms with Crippen LogP contribution in [0.25, 0.3) is 0 Å². The molecule has 5 nitrogen and oxygen atoms in total. The Morgan fingerprint density at radius 3 is 2.76 bits per heavy atom. The molecule has 2 aromatic rings. The first-order valence-corrected chi connectivity index (χ1v) is 5.17. The standard InChI is InChI=1S/C12H13N3O2/c1-7-11(17-8(2)14-7)12(16)15-10-5-3-4-9(13)6-10/h3-6H,13H2,1-2H3,(H,15,16). The van der Waals surface area contributed by atoms with Gasteiger partial charge in [-0.05, 0) is 25.1 Å². The number of nitrogen functional groups attached to an aromatic ring is 1. The molecule has 0 saturated carbocycles. The van der Waals surface area contributed by atoms with E-state index < -0.39 is 0 Å². The highest BCUT2D eigenvalue weighted by Crippen LogP contribution is 2.15. The molecule has 0 radical (unpaired) electrons. The maximum Gasteiger partial charge on any atom is 0.293 e. The molecule has 0 spiro atoms. The van der Waals surface area contributed by atoms with Crippen molar-refractivity contribution >= 4 is 17.3 Å². The predicted octanol–water partition coefficient (Wildman–Crippen LogP) is 2.13. The Morgan fingerprint density at radius 2 is 2.18 bits per heavy atom. The van der Waals surface area contributed by atoms with E-state index in [0.29, 0.717) is 23.0 Å². The zero-order valence-electron chi connectivity index (χ0n) is 9.65. The molecule has 2 rings (SSSR count). The van der Waals surface area contributed by atoms with Gasteiger partial charge in [0, 0.05) is 18.3 Å². The molecule has 1 heterocycles. The van der Waals surface area contributed by atoms with Crippen LogP contribution in [-0.4, -0.2) is 10.9 Å². The average Bonchev–Trinajstić information content (AvgIpc) is 2.58. The molecule has 3 N–H and O–H groups in total. The van der Waals surface area contributed by atoms with Crippen LogP contribution >= 0.6 is 0 Å². The molecular weight excluding hydrogens is 218 g/mol. The number of nitrogens with two attached hydrogens (primary N) is 1. The largest absolute Gasteiger partial charge is 0.436 e. The van der Waals surface area contributed by atoms with E-state index in [4.69, 9.17) is 10.2 Å². The number of carbonyl (C=O) groups is 1. The van der Waals surface area contributed by atoms with E-state index in [-0.39, 0.29) is 11.7 Å². The number of carbonyl (C=O) groups excluding carboxylic acids is 1. The number of benzene rings is 1. The van der Waals surface area contributed by atoms with Crippen LogP contribution < -0.4 is 11.1 Å². The summed E-state index contributed by atoms with van der Waals surface area (Å²) in [5.41, 5.74) is 7.41. The lowest BCUT2D eigenvalue weighted by atomic mass is 10.2. The van der Waals surface area contributed by atoms with Crippen LogP contribution in [0.4, 0.5) is 11.4 Å². The number of aromatic nitrogens is 1. The van der Waals surface area contributed by atoms with Crippen molar-refractivity contribution < 1.29 is 9.21 Å². The normalized spacial score (nSPS) is 10.2. The van der Waals surface area contributed by atoms with E-state index in [1.54, 1.807) is 38.1 Å². The Bertz CT molecular complexity index is 561. The lowest BCUT2D eigenvalue weighted by Gasteiger charge is -2.03. The minimum Gasteiger partial charge on any atom is -0.436 e. The van der Waals surface area contributed by atoms with Crippen LogP contribution in [0, 0.1) is 13.8 Å². The van der Waals surface area contributed by atoms with Gasteiger partial charge in [0.15, 0.2) is 5.89 Å². The van der Waals surface area contributed by atoms with Crippen LogP contribution in [0.15, 0.2) is 28.7 Å². The van der Waals surface area contributed by atoms with Gasteiger partial charge in [-0.1, -0.05) is 6.07 Å². The molecule has 1 aromatic heterocycles. The summed E-state index contributed by atoms with van der Waals surface area (Å²) in [7, 11) is 0. The van der Waals surface area contributed by atoms with Gasteiger partial charge in [-0.15, -0.1) is 0 Å². The molecule has 5 heteroatoms. The number of nitrogens with zero attached hydrogens (tertiary/aromatic N) is 1.